The molecule has 0 N–H and O–H groups in total. The number of hydrogen-bond donors (Lipinski definition) is 0. The zero-order valence-corrected chi connectivity index (χ0v) is 35.4. The molecule has 0 saturated heterocycles. The second-order valence-corrected chi connectivity index (χ2v) is 19.8. The van der Waals surface area contributed by atoms with Crippen LogP contribution in [0.3, 0.4) is 0 Å². The summed E-state index contributed by atoms with van der Waals surface area (Å²) < 4.78 is 5.40. The van der Waals surface area contributed by atoms with Gasteiger partial charge in [0.1, 0.15) is 0 Å². The molecule has 2 aliphatic carbocycles. The molecule has 4 heteroatoms. The molecule has 0 radical (unpaired) electrons. The van der Waals surface area contributed by atoms with Crippen LogP contribution in [0, 0.1) is 0 Å². The molecule has 0 fully saturated rings. The molecule has 3 nitrogen and oxygen atoms in total. The molecule has 0 amide bonds. The number of rotatable bonds is 3. The summed E-state index contributed by atoms with van der Waals surface area (Å²) in [5.41, 5.74) is 25.0. The molecule has 288 valence electrons. The van der Waals surface area contributed by atoms with Crippen LogP contribution in [0.25, 0.3) is 55.7 Å². The van der Waals surface area contributed by atoms with Gasteiger partial charge in [-0.15, -0.1) is 0 Å². The van der Waals surface area contributed by atoms with Crippen LogP contribution in [0.1, 0.15) is 76.3 Å². The Morgan fingerprint density at radius 1 is 0.483 bits per heavy atom. The molecule has 0 bridgehead atoms. The van der Waals surface area contributed by atoms with E-state index in [0.717, 1.165) is 17.1 Å². The Balaban J connectivity index is 1.26. The van der Waals surface area contributed by atoms with Crippen molar-refractivity contribution >= 4 is 62.0 Å². The van der Waals surface area contributed by atoms with Crippen molar-refractivity contribution < 1.29 is 0 Å². The molecular weight excluding hydrogens is 725 g/mol. The number of para-hydroxylation sites is 3. The zero-order chi connectivity index (χ0) is 40.6. The largest absolute Gasteiger partial charge is 0.310 e. The molecule has 4 heterocycles. The first-order chi connectivity index (χ1) is 29.0. The van der Waals surface area contributed by atoms with E-state index in [4.69, 9.17) is 0 Å². The summed E-state index contributed by atoms with van der Waals surface area (Å²) in [5, 5.41) is 2.76. The lowest BCUT2D eigenvalue weighted by Crippen LogP contribution is -2.59. The molecule has 2 aromatic heterocycles. The number of aromatic nitrogens is 2. The van der Waals surface area contributed by atoms with Crippen molar-refractivity contribution in [2.45, 2.75) is 64.7 Å². The number of nitrogens with zero attached hydrogens (tertiary/aromatic N) is 3. The van der Waals surface area contributed by atoms with Gasteiger partial charge in [0.15, 0.2) is 0 Å². The highest BCUT2D eigenvalue weighted by Crippen LogP contribution is 2.57. The van der Waals surface area contributed by atoms with Gasteiger partial charge in [0.25, 0.3) is 6.71 Å². The van der Waals surface area contributed by atoms with E-state index in [1.54, 1.807) is 0 Å². The van der Waals surface area contributed by atoms with Gasteiger partial charge in [0, 0.05) is 66.5 Å². The Kier molecular flexibility index (Phi) is 6.41. The lowest BCUT2D eigenvalue weighted by atomic mass is 9.34. The maximum Gasteiger partial charge on any atom is 0.252 e. The lowest BCUT2D eigenvalue weighted by molar-refractivity contribution is 0.591. The third-order valence-corrected chi connectivity index (χ3v) is 14.7. The smallest absolute Gasteiger partial charge is 0.252 e. The van der Waals surface area contributed by atoms with Crippen LogP contribution >= 0.6 is 0 Å². The lowest BCUT2D eigenvalue weighted by Gasteiger charge is -2.37. The number of anilines is 3. The second-order valence-electron chi connectivity index (χ2n) is 19.8. The van der Waals surface area contributed by atoms with Crippen molar-refractivity contribution in [1.29, 1.82) is 0 Å². The minimum absolute atomic E-state index is 0.0378. The third-order valence-electron chi connectivity index (χ3n) is 14.7. The predicted molar refractivity (Wildman–Crippen MR) is 253 cm³/mol. The highest BCUT2D eigenvalue weighted by molar-refractivity contribution is 7.00. The summed E-state index contributed by atoms with van der Waals surface area (Å²) in [6.45, 7) is 17.0. The van der Waals surface area contributed by atoms with E-state index < -0.39 is 0 Å². The predicted octanol–water partition coefficient (Wildman–Crippen LogP) is 12.1. The van der Waals surface area contributed by atoms with Crippen LogP contribution in [0.15, 0.2) is 152 Å². The van der Waals surface area contributed by atoms with E-state index in [1.807, 2.05) is 0 Å². The molecule has 4 aliphatic rings. The zero-order valence-electron chi connectivity index (χ0n) is 35.4. The summed E-state index contributed by atoms with van der Waals surface area (Å²) in [4.78, 5) is 2.46. The molecule has 0 saturated carbocycles. The fourth-order valence-corrected chi connectivity index (χ4v) is 12.2. The first-order valence-electron chi connectivity index (χ1n) is 21.7. The van der Waals surface area contributed by atoms with Crippen molar-refractivity contribution in [3.8, 4) is 33.9 Å². The number of benzene rings is 7. The summed E-state index contributed by atoms with van der Waals surface area (Å²) in [7, 11) is 0. The van der Waals surface area contributed by atoms with Crippen LogP contribution in [0.4, 0.5) is 17.1 Å². The molecule has 60 heavy (non-hydrogen) atoms. The Labute approximate surface area is 352 Å². The summed E-state index contributed by atoms with van der Waals surface area (Å²) in [5.74, 6) is 0. The fraction of sp³-hybridized carbons (Fsp3) is 0.179. The fourth-order valence-electron chi connectivity index (χ4n) is 12.2. The van der Waals surface area contributed by atoms with Gasteiger partial charge in [0.2, 0.25) is 0 Å². The van der Waals surface area contributed by atoms with Gasteiger partial charge in [-0.05, 0) is 92.1 Å². The Morgan fingerprint density at radius 2 is 0.983 bits per heavy atom. The minimum Gasteiger partial charge on any atom is -0.310 e. The van der Waals surface area contributed by atoms with Gasteiger partial charge >= 0.3 is 0 Å². The monoisotopic (exact) mass is 771 g/mol. The minimum atomic E-state index is -0.175. The van der Waals surface area contributed by atoms with Crippen molar-refractivity contribution in [3.05, 3.63) is 179 Å². The molecular formula is C56H46BN3. The van der Waals surface area contributed by atoms with Gasteiger partial charge in [-0.2, -0.15) is 0 Å². The van der Waals surface area contributed by atoms with Crippen molar-refractivity contribution in [2.24, 2.45) is 0 Å². The van der Waals surface area contributed by atoms with Gasteiger partial charge in [-0.3, -0.25) is 0 Å². The Bertz CT molecular complexity index is 3310. The van der Waals surface area contributed by atoms with Crippen LogP contribution < -0.4 is 21.3 Å². The highest BCUT2D eigenvalue weighted by atomic mass is 15.2. The average Bonchev–Trinajstić information content (AvgIpc) is 3.93. The molecule has 7 aromatic carbocycles. The first-order valence-corrected chi connectivity index (χ1v) is 21.7. The van der Waals surface area contributed by atoms with Gasteiger partial charge in [-0.25, -0.2) is 0 Å². The molecule has 0 unspecified atom stereocenters. The van der Waals surface area contributed by atoms with Crippen LogP contribution in [-0.4, -0.2) is 15.8 Å². The maximum absolute atomic E-state index is 2.71. The van der Waals surface area contributed by atoms with E-state index in [-0.39, 0.29) is 23.0 Å². The van der Waals surface area contributed by atoms with Gasteiger partial charge in [-0.1, -0.05) is 158 Å². The normalized spacial score (nSPS) is 15.5. The second kappa shape index (κ2) is 11.2. The van der Waals surface area contributed by atoms with Crippen LogP contribution in [0.2, 0.25) is 0 Å². The third kappa shape index (κ3) is 4.07. The molecule has 9 aromatic rings. The summed E-state index contributed by atoms with van der Waals surface area (Å²) in [6, 6.07) is 57.6. The standard InChI is InChI=1S/C56H46BN3/c1-54(2,3)33-29-40-48-53(38-24-15-17-27-42(38)56(48,6)7)60-46-32-36(58(34-19-10-8-11-20-34)35-21-12-9-13-22-35)31-45-49(46)57(44(30-33)51(40)60)43-28-18-25-39-47-52(59(45)50(39)43)37-23-14-16-26-41(37)55(47,4)5/h8-32H,1-7H3. The number of fused-ring (bicyclic) bond motifs is 14. The maximum atomic E-state index is 2.71. The topological polar surface area (TPSA) is 13.1 Å². The SMILES string of the molecule is CC(C)(C)c1cc2c3c(c1)c1c(n3-c3cc(N(c4ccccc4)c4ccccc4)cc4c3B2c2cccc3c5c(n-4c23)-c2ccccc2C5(C)C)-c2ccccc2C1(C)C. The van der Waals surface area contributed by atoms with Crippen molar-refractivity contribution in [3.63, 3.8) is 0 Å². The van der Waals surface area contributed by atoms with Crippen molar-refractivity contribution in [1.82, 2.24) is 9.13 Å². The molecule has 13 rings (SSSR count). The van der Waals surface area contributed by atoms with E-state index in [1.165, 1.54) is 99.9 Å². The molecule has 2 aliphatic heterocycles. The van der Waals surface area contributed by atoms with E-state index in [0.29, 0.717) is 0 Å². The van der Waals surface area contributed by atoms with E-state index >= 15 is 0 Å². The van der Waals surface area contributed by atoms with Gasteiger partial charge in [0.05, 0.1) is 17.1 Å². The molecule has 0 atom stereocenters. The summed E-state index contributed by atoms with van der Waals surface area (Å²) >= 11 is 0. The van der Waals surface area contributed by atoms with Crippen LogP contribution in [-0.2, 0) is 16.2 Å². The molecule has 0 spiro atoms. The van der Waals surface area contributed by atoms with E-state index in [2.05, 4.69) is 214 Å². The van der Waals surface area contributed by atoms with Gasteiger partial charge < -0.3 is 14.0 Å². The summed E-state index contributed by atoms with van der Waals surface area (Å²) in [6.07, 6.45) is 0. The number of hydrogen-bond acceptors (Lipinski definition) is 1. The van der Waals surface area contributed by atoms with Crippen molar-refractivity contribution in [2.75, 3.05) is 4.90 Å². The first kappa shape index (κ1) is 34.4. The quantitative estimate of drug-likeness (QED) is 0.163. The highest BCUT2D eigenvalue weighted by Gasteiger charge is 2.49. The van der Waals surface area contributed by atoms with Crippen LogP contribution in [0.5, 0.6) is 0 Å². The van der Waals surface area contributed by atoms with E-state index in [9.17, 15) is 0 Å². The Morgan fingerprint density at radius 3 is 1.53 bits per heavy atom. The average molecular weight is 772 g/mol. The Hall–Kier alpha value is -6.52.